The molecule has 1 aromatic carbocycles. The Morgan fingerprint density at radius 1 is 1.48 bits per heavy atom. The van der Waals surface area contributed by atoms with Crippen LogP contribution in [0.5, 0.6) is 5.75 Å². The van der Waals surface area contributed by atoms with Gasteiger partial charge >= 0.3 is 5.69 Å². The van der Waals surface area contributed by atoms with Crippen LogP contribution in [0.25, 0.3) is 0 Å². The Hall–Kier alpha value is -2.11. The van der Waals surface area contributed by atoms with Crippen LogP contribution in [0.4, 0.5) is 5.69 Å². The number of amides is 1. The molecule has 0 spiro atoms. The van der Waals surface area contributed by atoms with E-state index in [0.717, 1.165) is 19.3 Å². The van der Waals surface area contributed by atoms with Crippen molar-refractivity contribution in [2.24, 2.45) is 11.8 Å². The second kappa shape index (κ2) is 6.11. The molecule has 6 nitrogen and oxygen atoms in total. The molecule has 2 N–H and O–H groups in total. The number of phenols is 1. The van der Waals surface area contributed by atoms with Crippen LogP contribution in [0.1, 0.15) is 43.5 Å². The molecule has 21 heavy (non-hydrogen) atoms. The van der Waals surface area contributed by atoms with Gasteiger partial charge in [0.1, 0.15) is 0 Å². The van der Waals surface area contributed by atoms with Gasteiger partial charge in [0.2, 0.25) is 5.75 Å². The summed E-state index contributed by atoms with van der Waals surface area (Å²) >= 11 is 0. The molecule has 114 valence electrons. The van der Waals surface area contributed by atoms with E-state index < -0.39 is 22.3 Å². The largest absolute Gasteiger partial charge is 0.502 e. The summed E-state index contributed by atoms with van der Waals surface area (Å²) in [6.45, 7) is 4.25. The summed E-state index contributed by atoms with van der Waals surface area (Å²) in [5.41, 5.74) is -0.495. The first kappa shape index (κ1) is 15.3. The fourth-order valence-corrected chi connectivity index (χ4v) is 3.14. The molecule has 3 atom stereocenters. The van der Waals surface area contributed by atoms with Crippen molar-refractivity contribution in [3.05, 3.63) is 33.9 Å². The van der Waals surface area contributed by atoms with Crippen molar-refractivity contribution in [1.82, 2.24) is 5.32 Å². The monoisotopic (exact) mass is 292 g/mol. The van der Waals surface area contributed by atoms with Crippen molar-refractivity contribution in [3.63, 3.8) is 0 Å². The number of nitrogens with zero attached hydrogens (tertiary/aromatic N) is 1. The standard InChI is InChI=1S/C15H20N2O4/c1-3-10-7-8-12(9(10)2)16-15(19)11-5-4-6-13(14(11)18)17(20)21/h4-6,9-10,12,18H,3,7-8H2,1-2H3,(H,16,19). The van der Waals surface area contributed by atoms with Gasteiger partial charge in [0, 0.05) is 12.1 Å². The number of nitrogens with one attached hydrogen (secondary N) is 1. The number of carbonyl (C=O) groups is 1. The predicted molar refractivity (Wildman–Crippen MR) is 78.2 cm³/mol. The maximum absolute atomic E-state index is 12.2. The lowest BCUT2D eigenvalue weighted by atomic mass is 9.93. The molecule has 1 saturated carbocycles. The molecule has 0 bridgehead atoms. The van der Waals surface area contributed by atoms with Gasteiger partial charge in [0.25, 0.3) is 5.91 Å². The topological polar surface area (TPSA) is 92.5 Å². The minimum Gasteiger partial charge on any atom is -0.502 e. The van der Waals surface area contributed by atoms with Crippen molar-refractivity contribution in [3.8, 4) is 5.75 Å². The summed E-state index contributed by atoms with van der Waals surface area (Å²) in [7, 11) is 0. The maximum atomic E-state index is 12.2. The van der Waals surface area contributed by atoms with E-state index in [0.29, 0.717) is 11.8 Å². The molecule has 1 aromatic rings. The Bertz CT molecular complexity index is 559. The number of hydrogen-bond donors (Lipinski definition) is 2. The van der Waals surface area contributed by atoms with Crippen molar-refractivity contribution in [2.45, 2.75) is 39.2 Å². The van der Waals surface area contributed by atoms with Gasteiger partial charge < -0.3 is 10.4 Å². The number of phenolic OH excluding ortho intramolecular Hbond substituents is 1. The van der Waals surface area contributed by atoms with Crippen LogP contribution < -0.4 is 5.32 Å². The summed E-state index contributed by atoms with van der Waals surface area (Å²) in [5.74, 6) is -0.0590. The van der Waals surface area contributed by atoms with E-state index in [-0.39, 0.29) is 11.6 Å². The van der Waals surface area contributed by atoms with E-state index >= 15 is 0 Å². The number of carbonyl (C=O) groups excluding carboxylic acids is 1. The highest BCUT2D eigenvalue weighted by Gasteiger charge is 2.33. The second-order valence-corrected chi connectivity index (χ2v) is 5.62. The van der Waals surface area contributed by atoms with Crippen LogP contribution in [0.15, 0.2) is 18.2 Å². The molecule has 1 amide bonds. The van der Waals surface area contributed by atoms with Crippen molar-refractivity contribution in [1.29, 1.82) is 0 Å². The van der Waals surface area contributed by atoms with Crippen LogP contribution in [0.2, 0.25) is 0 Å². The molecular formula is C15H20N2O4. The molecule has 6 heteroatoms. The normalized spacial score (nSPS) is 24.8. The van der Waals surface area contributed by atoms with E-state index in [2.05, 4.69) is 19.2 Å². The third-order valence-corrected chi connectivity index (χ3v) is 4.52. The van der Waals surface area contributed by atoms with Crippen LogP contribution in [-0.2, 0) is 0 Å². The Labute approximate surface area is 123 Å². The zero-order valence-electron chi connectivity index (χ0n) is 12.2. The van der Waals surface area contributed by atoms with E-state index in [1.165, 1.54) is 18.2 Å². The van der Waals surface area contributed by atoms with Crippen molar-refractivity contribution >= 4 is 11.6 Å². The molecule has 0 heterocycles. The van der Waals surface area contributed by atoms with Crippen LogP contribution >= 0.6 is 0 Å². The molecule has 1 aliphatic carbocycles. The first-order valence-corrected chi connectivity index (χ1v) is 7.23. The van der Waals surface area contributed by atoms with Crippen molar-refractivity contribution < 1.29 is 14.8 Å². The highest BCUT2D eigenvalue weighted by molar-refractivity contribution is 5.98. The quantitative estimate of drug-likeness (QED) is 0.659. The molecule has 0 aliphatic heterocycles. The first-order valence-electron chi connectivity index (χ1n) is 7.23. The molecule has 0 aromatic heterocycles. The Morgan fingerprint density at radius 2 is 2.19 bits per heavy atom. The number of aromatic hydroxyl groups is 1. The SMILES string of the molecule is CCC1CCC(NC(=O)c2cccc([N+](=O)[O-])c2O)C1C. The summed E-state index contributed by atoms with van der Waals surface area (Å²) in [6.07, 6.45) is 3.06. The maximum Gasteiger partial charge on any atom is 0.311 e. The molecular weight excluding hydrogens is 272 g/mol. The average Bonchev–Trinajstić information content (AvgIpc) is 2.79. The lowest BCUT2D eigenvalue weighted by Gasteiger charge is -2.21. The number of hydrogen-bond acceptors (Lipinski definition) is 4. The number of nitro benzene ring substituents is 1. The van der Waals surface area contributed by atoms with Gasteiger partial charge in [-0.2, -0.15) is 0 Å². The van der Waals surface area contributed by atoms with Gasteiger partial charge in [-0.3, -0.25) is 14.9 Å². The number of nitro groups is 1. The highest BCUT2D eigenvalue weighted by Crippen LogP contribution is 2.35. The molecule has 0 radical (unpaired) electrons. The van der Waals surface area contributed by atoms with E-state index in [9.17, 15) is 20.0 Å². The lowest BCUT2D eigenvalue weighted by molar-refractivity contribution is -0.385. The zero-order chi connectivity index (χ0) is 15.6. The van der Waals surface area contributed by atoms with E-state index in [4.69, 9.17) is 0 Å². The van der Waals surface area contributed by atoms with Crippen LogP contribution in [0.3, 0.4) is 0 Å². The van der Waals surface area contributed by atoms with Gasteiger partial charge in [-0.05, 0) is 30.7 Å². The summed E-state index contributed by atoms with van der Waals surface area (Å²) in [5, 5.41) is 23.5. The second-order valence-electron chi connectivity index (χ2n) is 5.62. The predicted octanol–water partition coefficient (Wildman–Crippen LogP) is 2.85. The smallest absolute Gasteiger partial charge is 0.311 e. The van der Waals surface area contributed by atoms with Gasteiger partial charge in [-0.15, -0.1) is 0 Å². The third-order valence-electron chi connectivity index (χ3n) is 4.52. The Kier molecular flexibility index (Phi) is 4.45. The van der Waals surface area contributed by atoms with Gasteiger partial charge in [0.05, 0.1) is 10.5 Å². The first-order chi connectivity index (χ1) is 9.95. The van der Waals surface area contributed by atoms with Gasteiger partial charge in [-0.1, -0.05) is 26.3 Å². The van der Waals surface area contributed by atoms with Crippen LogP contribution in [-0.4, -0.2) is 22.0 Å². The minimum atomic E-state index is -0.697. The Morgan fingerprint density at radius 3 is 2.76 bits per heavy atom. The van der Waals surface area contributed by atoms with Crippen molar-refractivity contribution in [2.75, 3.05) is 0 Å². The fraction of sp³-hybridized carbons (Fsp3) is 0.533. The lowest BCUT2D eigenvalue weighted by Crippen LogP contribution is -2.37. The molecule has 1 aliphatic rings. The highest BCUT2D eigenvalue weighted by atomic mass is 16.6. The number of para-hydroxylation sites is 1. The number of benzene rings is 1. The van der Waals surface area contributed by atoms with Crippen LogP contribution in [0, 0.1) is 22.0 Å². The summed E-state index contributed by atoms with van der Waals surface area (Å²) in [4.78, 5) is 22.3. The third kappa shape index (κ3) is 2.99. The number of rotatable bonds is 4. The van der Waals surface area contributed by atoms with Gasteiger partial charge in [-0.25, -0.2) is 0 Å². The molecule has 2 rings (SSSR count). The molecule has 3 unspecified atom stereocenters. The zero-order valence-corrected chi connectivity index (χ0v) is 12.2. The molecule has 1 fully saturated rings. The van der Waals surface area contributed by atoms with E-state index in [1.807, 2.05) is 0 Å². The summed E-state index contributed by atoms with van der Waals surface area (Å²) in [6, 6.07) is 4.03. The average molecular weight is 292 g/mol. The molecule has 0 saturated heterocycles. The Balaban J connectivity index is 2.15. The minimum absolute atomic E-state index is 0.0450. The fourth-order valence-electron chi connectivity index (χ4n) is 3.14. The van der Waals surface area contributed by atoms with E-state index in [1.54, 1.807) is 0 Å². The summed E-state index contributed by atoms with van der Waals surface area (Å²) < 4.78 is 0. The van der Waals surface area contributed by atoms with Gasteiger partial charge in [0.15, 0.2) is 0 Å².